The van der Waals surface area contributed by atoms with Crippen LogP contribution in [0.5, 0.6) is 0 Å². The van der Waals surface area contributed by atoms with Gasteiger partial charge in [-0.25, -0.2) is 0 Å². The molecule has 64 heavy (non-hydrogen) atoms. The molecule has 4 aromatic heterocycles. The summed E-state index contributed by atoms with van der Waals surface area (Å²) in [6.07, 6.45) is 0. The van der Waals surface area contributed by atoms with Gasteiger partial charge in [-0.05, 0) is 106 Å². The number of hydrogen-bond donors (Lipinski definition) is 0. The van der Waals surface area contributed by atoms with Crippen LogP contribution in [0.2, 0.25) is 0 Å². The van der Waals surface area contributed by atoms with Crippen LogP contribution < -0.4 is 0 Å². The quantitative estimate of drug-likeness (QED) is 0.169. The van der Waals surface area contributed by atoms with Crippen LogP contribution in [-0.2, 0) is 0 Å². The Morgan fingerprint density at radius 2 is 0.891 bits per heavy atom. The number of furan rings is 1. The third kappa shape index (κ3) is 5.21. The van der Waals surface area contributed by atoms with Crippen LogP contribution in [0.1, 0.15) is 0 Å². The summed E-state index contributed by atoms with van der Waals surface area (Å²) in [5, 5.41) is 9.63. The van der Waals surface area contributed by atoms with E-state index in [0.717, 1.165) is 49.9 Å². The van der Waals surface area contributed by atoms with Crippen molar-refractivity contribution in [2.24, 2.45) is 0 Å². The van der Waals surface area contributed by atoms with E-state index in [1.807, 2.05) is 11.3 Å². The monoisotopic (exact) mass is 832 g/mol. The van der Waals surface area contributed by atoms with Gasteiger partial charge in [0.2, 0.25) is 0 Å². The SMILES string of the molecule is c1ccc(-c2cc(-c3cccc4sc5ccccc5c34)cc(-n3c4ccccc4c4cc5c(cc43)c3ccccc3n5-c3cc(-c4ccccc4)cc4c3oc3ccccc34)c2)cc1. The minimum atomic E-state index is 0.879. The van der Waals surface area contributed by atoms with Crippen molar-refractivity contribution in [2.75, 3.05) is 0 Å². The Hall–Kier alpha value is -8.18. The molecule has 14 aromatic rings. The van der Waals surface area contributed by atoms with Crippen LogP contribution >= 0.6 is 11.3 Å². The van der Waals surface area contributed by atoms with Crippen molar-refractivity contribution < 1.29 is 4.42 Å². The molecule has 0 unspecified atom stereocenters. The van der Waals surface area contributed by atoms with E-state index in [1.54, 1.807) is 0 Å². The van der Waals surface area contributed by atoms with E-state index >= 15 is 0 Å². The molecule has 3 nitrogen and oxygen atoms in total. The third-order valence-electron chi connectivity index (χ3n) is 13.3. The molecule has 0 radical (unpaired) electrons. The molecule has 0 aliphatic rings. The highest BCUT2D eigenvalue weighted by atomic mass is 32.1. The first kappa shape index (κ1) is 35.4. The average molecular weight is 833 g/mol. The van der Waals surface area contributed by atoms with Crippen molar-refractivity contribution in [3.05, 3.63) is 218 Å². The Kier molecular flexibility index (Phi) is 7.56. The van der Waals surface area contributed by atoms with Crippen LogP contribution in [0, 0.1) is 0 Å². The highest BCUT2D eigenvalue weighted by Gasteiger charge is 2.23. The van der Waals surface area contributed by atoms with Gasteiger partial charge in [-0.15, -0.1) is 11.3 Å². The summed E-state index contributed by atoms with van der Waals surface area (Å²) >= 11 is 1.87. The number of benzene rings is 10. The lowest BCUT2D eigenvalue weighted by atomic mass is 9.95. The highest BCUT2D eigenvalue weighted by molar-refractivity contribution is 7.25. The molecular formula is C60H36N2OS. The van der Waals surface area contributed by atoms with E-state index in [9.17, 15) is 0 Å². The molecule has 0 spiro atoms. The van der Waals surface area contributed by atoms with Crippen LogP contribution in [0.15, 0.2) is 223 Å². The van der Waals surface area contributed by atoms with Gasteiger partial charge in [-0.2, -0.15) is 0 Å². The number of aromatic nitrogens is 2. The molecular weight excluding hydrogens is 797 g/mol. The summed E-state index contributed by atoms with van der Waals surface area (Å²) in [7, 11) is 0. The van der Waals surface area contributed by atoms with Gasteiger partial charge < -0.3 is 13.6 Å². The number of thiophene rings is 1. The van der Waals surface area contributed by atoms with Gasteiger partial charge in [0, 0.05) is 58.2 Å². The zero-order valence-electron chi connectivity index (χ0n) is 34.5. The Labute approximate surface area is 371 Å². The van der Waals surface area contributed by atoms with Gasteiger partial charge >= 0.3 is 0 Å². The van der Waals surface area contributed by atoms with E-state index in [1.165, 1.54) is 80.6 Å². The van der Waals surface area contributed by atoms with Crippen molar-refractivity contribution in [2.45, 2.75) is 0 Å². The van der Waals surface area contributed by atoms with Gasteiger partial charge in [-0.3, -0.25) is 0 Å². The molecule has 0 saturated heterocycles. The zero-order chi connectivity index (χ0) is 41.9. The molecule has 0 bridgehead atoms. The van der Waals surface area contributed by atoms with Crippen molar-refractivity contribution in [1.29, 1.82) is 0 Å². The molecule has 0 atom stereocenters. The van der Waals surface area contributed by atoms with Gasteiger partial charge in [0.15, 0.2) is 5.58 Å². The van der Waals surface area contributed by atoms with Crippen LogP contribution in [-0.4, -0.2) is 9.13 Å². The van der Waals surface area contributed by atoms with Crippen molar-refractivity contribution >= 4 is 97.1 Å². The Bertz CT molecular complexity index is 4190. The maximum absolute atomic E-state index is 6.83. The maximum Gasteiger partial charge on any atom is 0.159 e. The second kappa shape index (κ2) is 13.7. The molecule has 0 aliphatic carbocycles. The third-order valence-corrected chi connectivity index (χ3v) is 14.4. The lowest BCUT2D eigenvalue weighted by Crippen LogP contribution is -1.97. The van der Waals surface area contributed by atoms with Crippen molar-refractivity contribution in [3.63, 3.8) is 0 Å². The summed E-state index contributed by atoms with van der Waals surface area (Å²) in [4.78, 5) is 0. The molecule has 0 fully saturated rings. The summed E-state index contributed by atoms with van der Waals surface area (Å²) in [6, 6.07) is 79.8. The number of rotatable bonds is 5. The first-order valence-electron chi connectivity index (χ1n) is 21.8. The molecule has 10 aromatic carbocycles. The Morgan fingerprint density at radius 3 is 1.62 bits per heavy atom. The predicted octanol–water partition coefficient (Wildman–Crippen LogP) is 17.1. The molecule has 0 saturated carbocycles. The number of para-hydroxylation sites is 3. The highest BCUT2D eigenvalue weighted by Crippen LogP contribution is 2.45. The molecule has 14 rings (SSSR count). The van der Waals surface area contributed by atoms with Crippen LogP contribution in [0.25, 0.3) is 130 Å². The predicted molar refractivity (Wildman–Crippen MR) is 272 cm³/mol. The Morgan fingerprint density at radius 1 is 0.328 bits per heavy atom. The van der Waals surface area contributed by atoms with Gasteiger partial charge in [-0.1, -0.05) is 146 Å². The van der Waals surface area contributed by atoms with Gasteiger partial charge in [0.25, 0.3) is 0 Å². The summed E-state index contributed by atoms with van der Waals surface area (Å²) in [6.45, 7) is 0. The van der Waals surface area contributed by atoms with E-state index in [0.29, 0.717) is 0 Å². The van der Waals surface area contributed by atoms with Crippen molar-refractivity contribution in [1.82, 2.24) is 9.13 Å². The van der Waals surface area contributed by atoms with Crippen LogP contribution in [0.3, 0.4) is 0 Å². The van der Waals surface area contributed by atoms with Crippen LogP contribution in [0.4, 0.5) is 0 Å². The lowest BCUT2D eigenvalue weighted by Gasteiger charge is -2.15. The fourth-order valence-corrected chi connectivity index (χ4v) is 11.6. The molecule has 298 valence electrons. The van der Waals surface area contributed by atoms with Crippen molar-refractivity contribution in [3.8, 4) is 44.8 Å². The number of fused-ring (bicyclic) bond motifs is 12. The van der Waals surface area contributed by atoms with E-state index in [2.05, 4.69) is 228 Å². The van der Waals surface area contributed by atoms with E-state index < -0.39 is 0 Å². The number of nitrogens with zero attached hydrogens (tertiary/aromatic N) is 2. The first-order valence-corrected chi connectivity index (χ1v) is 22.6. The lowest BCUT2D eigenvalue weighted by molar-refractivity contribution is 0.666. The zero-order valence-corrected chi connectivity index (χ0v) is 35.3. The smallest absolute Gasteiger partial charge is 0.159 e. The maximum atomic E-state index is 6.83. The standard InChI is InChI=1S/C60H36N2OS/c1-3-16-37(17-4-1)39-30-41(43-24-15-29-58-59(43)47-23-10-14-28-57(47)64-58)32-42(31-39)61-51-25-11-7-20-44(51)48-36-54-49(35-53(48)61)45-21-8-12-26-52(45)62(54)55-34-40(38-18-5-2-6-19-38)33-50-46-22-9-13-27-56(46)63-60(50)55/h1-36H. The topological polar surface area (TPSA) is 23.0 Å². The normalized spacial score (nSPS) is 12.1. The molecule has 4 heterocycles. The van der Waals surface area contributed by atoms with Gasteiger partial charge in [0.05, 0.1) is 27.8 Å². The minimum absolute atomic E-state index is 0.879. The van der Waals surface area contributed by atoms with E-state index in [-0.39, 0.29) is 0 Å². The summed E-state index contributed by atoms with van der Waals surface area (Å²) < 4.78 is 14.4. The first-order chi connectivity index (χ1) is 31.7. The fourth-order valence-electron chi connectivity index (χ4n) is 10.4. The Balaban J connectivity index is 1.08. The number of hydrogen-bond acceptors (Lipinski definition) is 2. The molecule has 0 amide bonds. The second-order valence-corrected chi connectivity index (χ2v) is 17.9. The minimum Gasteiger partial charge on any atom is -0.454 e. The average Bonchev–Trinajstić information content (AvgIpc) is 4.11. The molecule has 0 aliphatic heterocycles. The molecule has 4 heteroatoms. The summed E-state index contributed by atoms with van der Waals surface area (Å²) in [5.74, 6) is 0. The van der Waals surface area contributed by atoms with E-state index in [4.69, 9.17) is 4.42 Å². The van der Waals surface area contributed by atoms with Gasteiger partial charge in [0.1, 0.15) is 5.58 Å². The molecule has 0 N–H and O–H groups in total. The summed E-state index contributed by atoms with van der Waals surface area (Å²) in [5.41, 5.74) is 15.7. The largest absolute Gasteiger partial charge is 0.454 e. The fraction of sp³-hybridized carbons (Fsp3) is 0. The second-order valence-electron chi connectivity index (χ2n) is 16.8.